The Hall–Kier alpha value is -1.52. The molecule has 0 radical (unpaired) electrons. The van der Waals surface area contributed by atoms with Crippen LogP contribution in [0.25, 0.3) is 0 Å². The maximum atomic E-state index is 12.2. The zero-order valence-corrected chi connectivity index (χ0v) is 18.3. The van der Waals surface area contributed by atoms with Crippen molar-refractivity contribution in [3.05, 3.63) is 18.0 Å². The van der Waals surface area contributed by atoms with Crippen molar-refractivity contribution in [2.45, 2.75) is 38.8 Å². The molecule has 0 aromatic carbocycles. The zero-order chi connectivity index (χ0) is 18.0. The van der Waals surface area contributed by atoms with Gasteiger partial charge in [-0.05, 0) is 26.8 Å². The highest BCUT2D eigenvalue weighted by molar-refractivity contribution is 14.0. The van der Waals surface area contributed by atoms with Crippen LogP contribution in [0.3, 0.4) is 0 Å². The number of nitrogens with one attached hydrogen (secondary N) is 1. The third-order valence-electron chi connectivity index (χ3n) is 4.44. The van der Waals surface area contributed by atoms with Crippen LogP contribution in [0.1, 0.15) is 26.5 Å². The highest BCUT2D eigenvalue weighted by Crippen LogP contribution is 2.18. The minimum absolute atomic E-state index is 0. The number of rotatable bonds is 3. The molecule has 3 heterocycles. The first-order chi connectivity index (χ1) is 11.8. The summed E-state index contributed by atoms with van der Waals surface area (Å²) in [5.74, 6) is 0.941. The molecule has 2 aliphatic rings. The normalized spacial score (nSPS) is 19.5. The van der Waals surface area contributed by atoms with Gasteiger partial charge < -0.3 is 19.9 Å². The Balaban J connectivity index is 0.00000243. The summed E-state index contributed by atoms with van der Waals surface area (Å²) in [5.41, 5.74) is 0.733. The lowest BCUT2D eigenvalue weighted by molar-refractivity contribution is 0.0137. The van der Waals surface area contributed by atoms with Gasteiger partial charge in [-0.2, -0.15) is 5.10 Å². The van der Waals surface area contributed by atoms with E-state index in [2.05, 4.69) is 20.3 Å². The van der Waals surface area contributed by atoms with E-state index in [9.17, 15) is 4.79 Å². The molecule has 8 nitrogen and oxygen atoms in total. The predicted octanol–water partition coefficient (Wildman–Crippen LogP) is 1.46. The molecule has 0 saturated carbocycles. The molecule has 1 aromatic heterocycles. The summed E-state index contributed by atoms with van der Waals surface area (Å²) in [5, 5.41) is 7.61. The number of aromatic nitrogens is 2. The van der Waals surface area contributed by atoms with Crippen molar-refractivity contribution in [3.63, 3.8) is 0 Å². The summed E-state index contributed by atoms with van der Waals surface area (Å²) in [6.45, 7) is 9.31. The van der Waals surface area contributed by atoms with Crippen molar-refractivity contribution in [1.29, 1.82) is 0 Å². The lowest BCUT2D eigenvalue weighted by Crippen LogP contribution is -2.57. The number of amides is 1. The van der Waals surface area contributed by atoms with E-state index < -0.39 is 5.60 Å². The van der Waals surface area contributed by atoms with E-state index in [4.69, 9.17) is 4.74 Å². The number of fused-ring (bicyclic) bond motifs is 1. The average molecular weight is 476 g/mol. The molecule has 3 rings (SSSR count). The van der Waals surface area contributed by atoms with E-state index in [0.29, 0.717) is 19.6 Å². The van der Waals surface area contributed by atoms with Gasteiger partial charge in [-0.3, -0.25) is 9.67 Å². The minimum Gasteiger partial charge on any atom is -0.444 e. The number of halogens is 1. The number of ether oxygens (including phenoxy) is 1. The average Bonchev–Trinajstić information content (AvgIpc) is 3.12. The first-order valence-electron chi connectivity index (χ1n) is 8.83. The van der Waals surface area contributed by atoms with Gasteiger partial charge in [0.05, 0.1) is 12.6 Å². The fraction of sp³-hybridized carbons (Fsp3) is 0.706. The summed E-state index contributed by atoms with van der Waals surface area (Å²) < 4.78 is 7.37. The number of hydrogen-bond donors (Lipinski definition) is 1. The minimum atomic E-state index is -0.459. The van der Waals surface area contributed by atoms with Gasteiger partial charge in [-0.1, -0.05) is 0 Å². The highest BCUT2D eigenvalue weighted by Gasteiger charge is 2.36. The van der Waals surface area contributed by atoms with Gasteiger partial charge >= 0.3 is 6.09 Å². The molecular weight excluding hydrogens is 447 g/mol. The Bertz CT molecular complexity index is 654. The van der Waals surface area contributed by atoms with Gasteiger partial charge in [0, 0.05) is 51.5 Å². The monoisotopic (exact) mass is 476 g/mol. The molecule has 1 aromatic rings. The van der Waals surface area contributed by atoms with Crippen molar-refractivity contribution in [2.75, 3.05) is 32.7 Å². The molecule has 1 saturated heterocycles. The van der Waals surface area contributed by atoms with Crippen LogP contribution in [0, 0.1) is 0 Å². The molecule has 9 heteroatoms. The predicted molar refractivity (Wildman–Crippen MR) is 111 cm³/mol. The molecular formula is C17H29IN6O2. The van der Waals surface area contributed by atoms with E-state index in [-0.39, 0.29) is 36.1 Å². The SMILES string of the molecule is Cn1nccc1CCNC1=NCC2CN(C(=O)OC(C)(C)C)CCN12.I. The molecule has 26 heavy (non-hydrogen) atoms. The number of aliphatic imine (C=N–C) groups is 1. The van der Waals surface area contributed by atoms with Crippen molar-refractivity contribution in [1.82, 2.24) is 24.9 Å². The maximum absolute atomic E-state index is 12.2. The van der Waals surface area contributed by atoms with E-state index >= 15 is 0 Å². The third-order valence-corrected chi connectivity index (χ3v) is 4.44. The van der Waals surface area contributed by atoms with Crippen LogP contribution in [0.15, 0.2) is 17.3 Å². The molecule has 146 valence electrons. The van der Waals surface area contributed by atoms with E-state index in [1.54, 1.807) is 4.90 Å². The molecule has 1 N–H and O–H groups in total. The quantitative estimate of drug-likeness (QED) is 0.669. The smallest absolute Gasteiger partial charge is 0.410 e. The van der Waals surface area contributed by atoms with Crippen molar-refractivity contribution in [3.8, 4) is 0 Å². The summed E-state index contributed by atoms with van der Waals surface area (Å²) in [6.07, 6.45) is 2.48. The van der Waals surface area contributed by atoms with E-state index in [1.165, 1.54) is 5.69 Å². The van der Waals surface area contributed by atoms with Crippen LogP contribution in [0.4, 0.5) is 4.79 Å². The summed E-state index contributed by atoms with van der Waals surface area (Å²) in [4.78, 5) is 20.9. The highest BCUT2D eigenvalue weighted by atomic mass is 127. The van der Waals surface area contributed by atoms with Gasteiger partial charge in [-0.25, -0.2) is 4.79 Å². The molecule has 0 spiro atoms. The number of carbonyl (C=O) groups is 1. The van der Waals surface area contributed by atoms with Crippen molar-refractivity contribution in [2.24, 2.45) is 12.0 Å². The fourth-order valence-electron chi connectivity index (χ4n) is 3.17. The van der Waals surface area contributed by atoms with Crippen LogP contribution >= 0.6 is 24.0 Å². The first kappa shape index (κ1) is 20.8. The number of guanidine groups is 1. The summed E-state index contributed by atoms with van der Waals surface area (Å²) >= 11 is 0. The second kappa shape index (κ2) is 8.45. The standard InChI is InChI=1S/C17H28N6O2.HI/c1-17(2,3)25-16(24)22-9-10-23-14(12-22)11-19-15(23)18-7-5-13-6-8-20-21(13)4;/h6,8,14H,5,7,9-12H2,1-4H3,(H,18,19);1H. The number of nitrogens with zero attached hydrogens (tertiary/aromatic N) is 5. The maximum Gasteiger partial charge on any atom is 0.410 e. The van der Waals surface area contributed by atoms with Gasteiger partial charge in [0.15, 0.2) is 5.96 Å². The van der Waals surface area contributed by atoms with Gasteiger partial charge in [0.25, 0.3) is 0 Å². The van der Waals surface area contributed by atoms with Crippen LogP contribution in [0.2, 0.25) is 0 Å². The van der Waals surface area contributed by atoms with E-state index in [1.807, 2.05) is 44.8 Å². The Morgan fingerprint density at radius 3 is 2.81 bits per heavy atom. The van der Waals surface area contributed by atoms with Crippen molar-refractivity contribution < 1.29 is 9.53 Å². The van der Waals surface area contributed by atoms with Crippen LogP contribution in [0.5, 0.6) is 0 Å². The Kier molecular flexibility index (Phi) is 6.75. The largest absolute Gasteiger partial charge is 0.444 e. The number of carbonyl (C=O) groups excluding carboxylic acids is 1. The Morgan fingerprint density at radius 2 is 2.15 bits per heavy atom. The first-order valence-corrected chi connectivity index (χ1v) is 8.83. The molecule has 1 fully saturated rings. The topological polar surface area (TPSA) is 75.0 Å². The lowest BCUT2D eigenvalue weighted by Gasteiger charge is -2.39. The van der Waals surface area contributed by atoms with Crippen LogP contribution < -0.4 is 5.32 Å². The van der Waals surface area contributed by atoms with Gasteiger partial charge in [0.1, 0.15) is 5.60 Å². The van der Waals surface area contributed by atoms with Crippen LogP contribution in [-0.2, 0) is 18.2 Å². The molecule has 1 amide bonds. The van der Waals surface area contributed by atoms with Gasteiger partial charge in [0.2, 0.25) is 0 Å². The molecule has 1 unspecified atom stereocenters. The zero-order valence-electron chi connectivity index (χ0n) is 15.9. The van der Waals surface area contributed by atoms with E-state index in [0.717, 1.165) is 25.5 Å². The molecule has 0 bridgehead atoms. The second-order valence-electron chi connectivity index (χ2n) is 7.56. The summed E-state index contributed by atoms with van der Waals surface area (Å²) in [6, 6.07) is 2.26. The lowest BCUT2D eigenvalue weighted by atomic mass is 10.2. The number of aryl methyl sites for hydroxylation is 1. The summed E-state index contributed by atoms with van der Waals surface area (Å²) in [7, 11) is 1.95. The molecule has 2 aliphatic heterocycles. The Labute approximate surface area is 172 Å². The fourth-order valence-corrected chi connectivity index (χ4v) is 3.17. The third kappa shape index (κ3) is 5.01. The number of hydrogen-bond acceptors (Lipinski definition) is 6. The Morgan fingerprint density at radius 1 is 1.38 bits per heavy atom. The second-order valence-corrected chi connectivity index (χ2v) is 7.56. The molecule has 1 atom stereocenters. The number of piperazine rings is 1. The molecule has 0 aliphatic carbocycles. The van der Waals surface area contributed by atoms with Crippen molar-refractivity contribution >= 4 is 36.0 Å². The van der Waals surface area contributed by atoms with Gasteiger partial charge in [-0.15, -0.1) is 24.0 Å². The van der Waals surface area contributed by atoms with Crippen LogP contribution in [-0.4, -0.2) is 76.0 Å².